The fourth-order valence-corrected chi connectivity index (χ4v) is 3.27. The van der Waals surface area contributed by atoms with Crippen molar-refractivity contribution in [3.63, 3.8) is 0 Å². The summed E-state index contributed by atoms with van der Waals surface area (Å²) in [5.41, 5.74) is 4.12. The molecule has 2 aromatic rings. The number of benzene rings is 2. The maximum atomic E-state index is 12.9. The highest BCUT2D eigenvalue weighted by Crippen LogP contribution is 2.24. The Kier molecular flexibility index (Phi) is 6.08. The molecule has 26 heavy (non-hydrogen) atoms. The number of nitrogens with one attached hydrogen (secondary N) is 1. The zero-order valence-corrected chi connectivity index (χ0v) is 16.7. The van der Waals surface area contributed by atoms with E-state index in [1.54, 1.807) is 24.3 Å². The first-order valence-electron chi connectivity index (χ1n) is 8.56. The minimum absolute atomic E-state index is 0.140. The number of hydrogen-bond donors (Lipinski definition) is 1. The predicted molar refractivity (Wildman–Crippen MR) is 106 cm³/mol. The Morgan fingerprint density at radius 3 is 2.35 bits per heavy atom. The number of sulfonamides is 1. The second-order valence-electron chi connectivity index (χ2n) is 6.53. The van der Waals surface area contributed by atoms with E-state index < -0.39 is 10.0 Å². The van der Waals surface area contributed by atoms with Crippen molar-refractivity contribution >= 4 is 21.6 Å². The van der Waals surface area contributed by atoms with Gasteiger partial charge >= 0.3 is 0 Å². The molecule has 1 N–H and O–H groups in total. The van der Waals surface area contributed by atoms with E-state index in [4.69, 9.17) is 0 Å². The van der Waals surface area contributed by atoms with Crippen LogP contribution in [0.2, 0.25) is 0 Å². The Balaban J connectivity index is 2.33. The minimum Gasteiger partial charge on any atom is -0.345 e. The van der Waals surface area contributed by atoms with Crippen LogP contribution in [-0.2, 0) is 10.0 Å². The maximum absolute atomic E-state index is 12.9. The van der Waals surface area contributed by atoms with Gasteiger partial charge in [-0.1, -0.05) is 37.3 Å². The molecule has 2 rings (SSSR count). The lowest BCUT2D eigenvalue weighted by Gasteiger charge is -2.22. The summed E-state index contributed by atoms with van der Waals surface area (Å²) in [6.45, 7) is 6.11. The molecule has 1 amide bonds. The van der Waals surface area contributed by atoms with Gasteiger partial charge in [0.25, 0.3) is 5.91 Å². The Labute approximate surface area is 156 Å². The van der Waals surface area contributed by atoms with Crippen LogP contribution < -0.4 is 9.62 Å². The zero-order chi connectivity index (χ0) is 19.5. The Morgan fingerprint density at radius 1 is 1.12 bits per heavy atom. The van der Waals surface area contributed by atoms with E-state index in [2.05, 4.69) is 18.3 Å². The van der Waals surface area contributed by atoms with Gasteiger partial charge in [-0.15, -0.1) is 0 Å². The molecular weight excluding hydrogens is 348 g/mol. The summed E-state index contributed by atoms with van der Waals surface area (Å²) in [5.74, 6) is -0.291. The quantitative estimate of drug-likeness (QED) is 0.840. The number of amides is 1. The molecule has 0 spiro atoms. The van der Waals surface area contributed by atoms with Crippen molar-refractivity contribution in [2.45, 2.75) is 33.2 Å². The van der Waals surface area contributed by atoms with Crippen molar-refractivity contribution in [2.24, 2.45) is 0 Å². The van der Waals surface area contributed by atoms with Crippen LogP contribution in [-0.4, -0.2) is 27.6 Å². The van der Waals surface area contributed by atoms with Crippen molar-refractivity contribution in [3.8, 4) is 0 Å². The predicted octanol–water partition coefficient (Wildman–Crippen LogP) is 3.58. The summed E-state index contributed by atoms with van der Waals surface area (Å²) in [4.78, 5) is 12.9. The molecule has 1 atom stereocenters. The molecule has 0 saturated carbocycles. The second kappa shape index (κ2) is 7.91. The molecule has 6 heteroatoms. The molecule has 0 aromatic heterocycles. The van der Waals surface area contributed by atoms with Crippen molar-refractivity contribution in [1.82, 2.24) is 5.32 Å². The molecule has 0 fully saturated rings. The molecular formula is C20H26N2O3S. The number of aryl methyl sites for hydroxylation is 2. The summed E-state index contributed by atoms with van der Waals surface area (Å²) < 4.78 is 24.9. The molecule has 2 aromatic carbocycles. The number of hydrogen-bond acceptors (Lipinski definition) is 3. The Morgan fingerprint density at radius 2 is 1.77 bits per heavy atom. The van der Waals surface area contributed by atoms with Crippen LogP contribution in [0.15, 0.2) is 42.5 Å². The fraction of sp³-hybridized carbons (Fsp3) is 0.350. The standard InChI is InChI=1S/C20H26N2O3S/c1-6-18(16-12-11-14(2)15(3)13-16)21-20(23)17-9-7-8-10-19(17)22(4)26(5,24)25/h7-13,18H,6H2,1-5H3,(H,21,23)/t18-/m0/s1. The normalized spacial score (nSPS) is 12.5. The minimum atomic E-state index is -3.46. The highest BCUT2D eigenvalue weighted by atomic mass is 32.2. The first-order valence-corrected chi connectivity index (χ1v) is 10.4. The molecule has 0 bridgehead atoms. The molecule has 0 aliphatic heterocycles. The number of rotatable bonds is 6. The number of nitrogens with zero attached hydrogens (tertiary/aromatic N) is 1. The van der Waals surface area contributed by atoms with Gasteiger partial charge in [-0.05, 0) is 49.1 Å². The van der Waals surface area contributed by atoms with Crippen LogP contribution in [0.5, 0.6) is 0 Å². The van der Waals surface area contributed by atoms with Crippen LogP contribution in [0.3, 0.4) is 0 Å². The highest BCUT2D eigenvalue weighted by Gasteiger charge is 2.21. The average Bonchev–Trinajstić information content (AvgIpc) is 2.60. The summed E-state index contributed by atoms with van der Waals surface area (Å²) in [7, 11) is -2.01. The van der Waals surface area contributed by atoms with Crippen molar-refractivity contribution in [1.29, 1.82) is 0 Å². The third kappa shape index (κ3) is 4.43. The fourth-order valence-electron chi connectivity index (χ4n) is 2.76. The molecule has 0 unspecified atom stereocenters. The summed E-state index contributed by atoms with van der Waals surface area (Å²) in [5, 5.41) is 3.03. The summed E-state index contributed by atoms with van der Waals surface area (Å²) in [6, 6.07) is 12.7. The van der Waals surface area contributed by atoms with E-state index in [1.807, 2.05) is 26.0 Å². The third-order valence-electron chi connectivity index (χ3n) is 4.63. The van der Waals surface area contributed by atoms with Crippen LogP contribution >= 0.6 is 0 Å². The molecule has 5 nitrogen and oxygen atoms in total. The molecule has 0 aliphatic rings. The number of carbonyl (C=O) groups is 1. The molecule has 0 aliphatic carbocycles. The van der Waals surface area contributed by atoms with E-state index in [0.717, 1.165) is 22.5 Å². The van der Waals surface area contributed by atoms with Crippen LogP contribution in [0.4, 0.5) is 5.69 Å². The lowest BCUT2D eigenvalue weighted by Crippen LogP contribution is -2.32. The summed E-state index contributed by atoms with van der Waals surface area (Å²) >= 11 is 0. The summed E-state index contributed by atoms with van der Waals surface area (Å²) in [6.07, 6.45) is 1.85. The van der Waals surface area contributed by atoms with Crippen LogP contribution in [0, 0.1) is 13.8 Å². The first-order chi connectivity index (χ1) is 12.1. The van der Waals surface area contributed by atoms with E-state index >= 15 is 0 Å². The Hall–Kier alpha value is -2.34. The van der Waals surface area contributed by atoms with Gasteiger partial charge in [-0.3, -0.25) is 9.10 Å². The third-order valence-corrected chi connectivity index (χ3v) is 5.82. The molecule has 0 radical (unpaired) electrons. The van der Waals surface area contributed by atoms with Crippen molar-refractivity contribution in [3.05, 3.63) is 64.7 Å². The van der Waals surface area contributed by atoms with Gasteiger partial charge in [-0.2, -0.15) is 0 Å². The van der Waals surface area contributed by atoms with Crippen molar-refractivity contribution < 1.29 is 13.2 Å². The van der Waals surface area contributed by atoms with E-state index in [0.29, 0.717) is 11.3 Å². The smallest absolute Gasteiger partial charge is 0.253 e. The van der Waals surface area contributed by atoms with E-state index in [1.165, 1.54) is 18.2 Å². The second-order valence-corrected chi connectivity index (χ2v) is 8.54. The monoisotopic (exact) mass is 374 g/mol. The average molecular weight is 375 g/mol. The molecule has 140 valence electrons. The van der Waals surface area contributed by atoms with Gasteiger partial charge in [0.15, 0.2) is 0 Å². The molecule has 0 saturated heterocycles. The largest absolute Gasteiger partial charge is 0.345 e. The van der Waals surface area contributed by atoms with Gasteiger partial charge < -0.3 is 5.32 Å². The number of anilines is 1. The highest BCUT2D eigenvalue weighted by molar-refractivity contribution is 7.92. The van der Waals surface area contributed by atoms with Gasteiger partial charge in [0.2, 0.25) is 10.0 Å². The topological polar surface area (TPSA) is 66.5 Å². The van der Waals surface area contributed by atoms with Crippen molar-refractivity contribution in [2.75, 3.05) is 17.6 Å². The zero-order valence-electron chi connectivity index (χ0n) is 15.9. The maximum Gasteiger partial charge on any atom is 0.253 e. The van der Waals surface area contributed by atoms with E-state index in [9.17, 15) is 13.2 Å². The van der Waals surface area contributed by atoms with Gasteiger partial charge in [0.05, 0.1) is 23.5 Å². The lowest BCUT2D eigenvalue weighted by atomic mass is 9.99. The van der Waals surface area contributed by atoms with E-state index in [-0.39, 0.29) is 11.9 Å². The van der Waals surface area contributed by atoms with Crippen LogP contribution in [0.25, 0.3) is 0 Å². The molecule has 0 heterocycles. The number of carbonyl (C=O) groups excluding carboxylic acids is 1. The number of para-hydroxylation sites is 1. The SMILES string of the molecule is CC[C@H](NC(=O)c1ccccc1N(C)S(C)(=O)=O)c1ccc(C)c(C)c1. The first kappa shape index (κ1) is 20.0. The Bertz CT molecular complexity index is 907. The van der Waals surface area contributed by atoms with Crippen LogP contribution in [0.1, 0.15) is 46.4 Å². The van der Waals surface area contributed by atoms with Gasteiger partial charge in [0.1, 0.15) is 0 Å². The van der Waals surface area contributed by atoms with Gasteiger partial charge in [-0.25, -0.2) is 8.42 Å². The van der Waals surface area contributed by atoms with Gasteiger partial charge in [0, 0.05) is 7.05 Å². The lowest BCUT2D eigenvalue weighted by molar-refractivity contribution is 0.0936.